The molecule has 0 saturated heterocycles. The van der Waals surface area contributed by atoms with Gasteiger partial charge in [-0.05, 0) is 24.3 Å². The van der Waals surface area contributed by atoms with Crippen LogP contribution >= 0.6 is 0 Å². The Kier molecular flexibility index (Phi) is 4.12. The fourth-order valence-corrected chi connectivity index (χ4v) is 2.36. The number of aliphatic hydroxyl groups excluding tert-OH is 1. The van der Waals surface area contributed by atoms with Crippen LogP contribution in [-0.4, -0.2) is 26.2 Å². The van der Waals surface area contributed by atoms with E-state index in [1.165, 1.54) is 0 Å². The number of imidazole rings is 1. The maximum atomic E-state index is 9.59. The van der Waals surface area contributed by atoms with Crippen molar-refractivity contribution in [2.75, 3.05) is 6.61 Å². The Bertz CT molecular complexity index is 662. The Hall–Kier alpha value is -2.40. The first-order chi connectivity index (χ1) is 10.4. The van der Waals surface area contributed by atoms with Gasteiger partial charge in [0.2, 0.25) is 0 Å². The third-order valence-corrected chi connectivity index (χ3v) is 3.39. The third kappa shape index (κ3) is 3.20. The first-order valence-electron chi connectivity index (χ1n) is 6.92. The van der Waals surface area contributed by atoms with Crippen molar-refractivity contribution >= 4 is 0 Å². The number of nitrogens with zero attached hydrogens (tertiary/aromatic N) is 3. The van der Waals surface area contributed by atoms with Crippen LogP contribution in [0.5, 0.6) is 0 Å². The second-order valence-electron chi connectivity index (χ2n) is 4.95. The van der Waals surface area contributed by atoms with E-state index in [4.69, 9.17) is 4.42 Å². The van der Waals surface area contributed by atoms with E-state index in [2.05, 4.69) is 9.97 Å². The van der Waals surface area contributed by atoms with Crippen LogP contribution in [0.4, 0.5) is 0 Å². The van der Waals surface area contributed by atoms with Gasteiger partial charge in [-0.3, -0.25) is 4.98 Å². The number of aromatic nitrogens is 3. The Morgan fingerprint density at radius 2 is 2.10 bits per heavy atom. The molecule has 0 spiro atoms. The summed E-state index contributed by atoms with van der Waals surface area (Å²) in [5.74, 6) is 1.77. The summed E-state index contributed by atoms with van der Waals surface area (Å²) >= 11 is 0. The van der Waals surface area contributed by atoms with Gasteiger partial charge < -0.3 is 14.1 Å². The smallest absolute Gasteiger partial charge is 0.158 e. The maximum absolute atomic E-state index is 9.59. The zero-order valence-electron chi connectivity index (χ0n) is 11.6. The summed E-state index contributed by atoms with van der Waals surface area (Å²) < 4.78 is 7.37. The maximum Gasteiger partial charge on any atom is 0.158 e. The molecule has 0 amide bonds. The molecule has 0 bridgehead atoms. The summed E-state index contributed by atoms with van der Waals surface area (Å²) in [5.41, 5.74) is 0.831. The van der Waals surface area contributed by atoms with Crippen LogP contribution in [0.3, 0.4) is 0 Å². The van der Waals surface area contributed by atoms with E-state index in [0.717, 1.165) is 17.3 Å². The molecule has 0 aliphatic rings. The Balaban J connectivity index is 1.77. The topological polar surface area (TPSA) is 64.1 Å². The van der Waals surface area contributed by atoms with E-state index in [1.807, 2.05) is 41.1 Å². The van der Waals surface area contributed by atoms with Crippen molar-refractivity contribution in [3.63, 3.8) is 0 Å². The molecule has 3 heterocycles. The quantitative estimate of drug-likeness (QED) is 0.754. The lowest BCUT2D eigenvalue weighted by atomic mass is 10.0. The normalized spacial score (nSPS) is 12.4. The van der Waals surface area contributed by atoms with Gasteiger partial charge in [-0.25, -0.2) is 4.98 Å². The van der Waals surface area contributed by atoms with E-state index in [9.17, 15) is 5.11 Å². The molecule has 5 nitrogen and oxygen atoms in total. The molecule has 5 heteroatoms. The third-order valence-electron chi connectivity index (χ3n) is 3.39. The highest BCUT2D eigenvalue weighted by atomic mass is 16.3. The summed E-state index contributed by atoms with van der Waals surface area (Å²) in [7, 11) is 0. The first kappa shape index (κ1) is 13.6. The van der Waals surface area contributed by atoms with Crippen LogP contribution in [0.2, 0.25) is 0 Å². The van der Waals surface area contributed by atoms with Crippen LogP contribution in [-0.2, 0) is 13.0 Å². The van der Waals surface area contributed by atoms with Gasteiger partial charge in [0.1, 0.15) is 11.5 Å². The van der Waals surface area contributed by atoms with Crippen molar-refractivity contribution < 1.29 is 9.52 Å². The Morgan fingerprint density at radius 1 is 1.14 bits per heavy atom. The number of furan rings is 1. The zero-order chi connectivity index (χ0) is 14.5. The molecule has 108 valence electrons. The van der Waals surface area contributed by atoms with Crippen LogP contribution in [0.25, 0.3) is 11.5 Å². The van der Waals surface area contributed by atoms with E-state index < -0.39 is 0 Å². The van der Waals surface area contributed by atoms with Crippen molar-refractivity contribution in [3.8, 4) is 11.5 Å². The zero-order valence-corrected chi connectivity index (χ0v) is 11.6. The highest BCUT2D eigenvalue weighted by Crippen LogP contribution is 2.18. The minimum absolute atomic E-state index is 0.0767. The van der Waals surface area contributed by atoms with E-state index in [0.29, 0.717) is 13.0 Å². The summed E-state index contributed by atoms with van der Waals surface area (Å²) in [5, 5.41) is 9.59. The van der Waals surface area contributed by atoms with Gasteiger partial charge in [0.05, 0.1) is 6.26 Å². The van der Waals surface area contributed by atoms with E-state index in [1.54, 1.807) is 18.7 Å². The Labute approximate surface area is 122 Å². The second kappa shape index (κ2) is 6.37. The molecule has 1 unspecified atom stereocenters. The summed E-state index contributed by atoms with van der Waals surface area (Å²) in [6.45, 7) is 0.768. The van der Waals surface area contributed by atoms with Gasteiger partial charge in [0.15, 0.2) is 5.82 Å². The summed E-state index contributed by atoms with van der Waals surface area (Å²) in [4.78, 5) is 8.69. The van der Waals surface area contributed by atoms with Crippen molar-refractivity contribution in [3.05, 3.63) is 60.9 Å². The first-order valence-corrected chi connectivity index (χ1v) is 6.92. The average Bonchev–Trinajstić information content (AvgIpc) is 3.19. The number of aliphatic hydroxyl groups is 1. The monoisotopic (exact) mass is 283 g/mol. The molecule has 0 aliphatic carbocycles. The summed E-state index contributed by atoms with van der Waals surface area (Å²) in [6, 6.07) is 9.54. The fourth-order valence-electron chi connectivity index (χ4n) is 2.36. The number of hydrogen-bond acceptors (Lipinski definition) is 4. The molecule has 0 aromatic carbocycles. The second-order valence-corrected chi connectivity index (χ2v) is 4.95. The van der Waals surface area contributed by atoms with Crippen LogP contribution < -0.4 is 0 Å². The van der Waals surface area contributed by atoms with Crippen molar-refractivity contribution in [1.82, 2.24) is 14.5 Å². The largest absolute Gasteiger partial charge is 0.469 e. The lowest BCUT2D eigenvalue weighted by molar-refractivity contribution is 0.204. The molecule has 0 aliphatic heterocycles. The van der Waals surface area contributed by atoms with Gasteiger partial charge in [0, 0.05) is 44.1 Å². The summed E-state index contributed by atoms with van der Waals surface area (Å²) in [6.07, 6.45) is 7.77. The molecule has 1 N–H and O–H groups in total. The van der Waals surface area contributed by atoms with Crippen LogP contribution in [0.15, 0.2) is 59.6 Å². The van der Waals surface area contributed by atoms with E-state index >= 15 is 0 Å². The average molecular weight is 283 g/mol. The molecule has 3 aromatic heterocycles. The fraction of sp³-hybridized carbons (Fsp3) is 0.250. The highest BCUT2D eigenvalue weighted by Gasteiger charge is 2.14. The number of pyridine rings is 1. The predicted octanol–water partition coefficient (Wildman–Crippen LogP) is 2.39. The molecule has 3 rings (SSSR count). The molecule has 0 radical (unpaired) electrons. The van der Waals surface area contributed by atoms with Gasteiger partial charge in [-0.2, -0.15) is 0 Å². The van der Waals surface area contributed by atoms with Gasteiger partial charge in [-0.15, -0.1) is 0 Å². The SMILES string of the molecule is OCC(Cc1ccco1)Cn1ccnc1-c1ccccn1. The van der Waals surface area contributed by atoms with Gasteiger partial charge in [0.25, 0.3) is 0 Å². The number of rotatable bonds is 6. The molecule has 1 atom stereocenters. The van der Waals surface area contributed by atoms with Gasteiger partial charge >= 0.3 is 0 Å². The van der Waals surface area contributed by atoms with Gasteiger partial charge in [-0.1, -0.05) is 6.07 Å². The molecular weight excluding hydrogens is 266 g/mol. The lowest BCUT2D eigenvalue weighted by Crippen LogP contribution is -2.17. The van der Waals surface area contributed by atoms with Crippen molar-refractivity contribution in [1.29, 1.82) is 0 Å². The molecule has 3 aromatic rings. The Morgan fingerprint density at radius 3 is 2.81 bits per heavy atom. The minimum atomic E-state index is 0.0767. The number of hydrogen-bond donors (Lipinski definition) is 1. The van der Waals surface area contributed by atoms with Crippen molar-refractivity contribution in [2.24, 2.45) is 5.92 Å². The molecule has 0 fully saturated rings. The molecule has 21 heavy (non-hydrogen) atoms. The minimum Gasteiger partial charge on any atom is -0.469 e. The lowest BCUT2D eigenvalue weighted by Gasteiger charge is -2.15. The van der Waals surface area contributed by atoms with Crippen LogP contribution in [0, 0.1) is 5.92 Å². The van der Waals surface area contributed by atoms with E-state index in [-0.39, 0.29) is 12.5 Å². The molecule has 0 saturated carbocycles. The molecular formula is C16H17N3O2. The van der Waals surface area contributed by atoms with Crippen molar-refractivity contribution in [2.45, 2.75) is 13.0 Å². The highest BCUT2D eigenvalue weighted by molar-refractivity contribution is 5.48. The standard InChI is InChI=1S/C16H17N3O2/c20-12-13(10-14-4-3-9-21-14)11-19-8-7-18-16(19)15-5-1-2-6-17-15/h1-9,13,20H,10-12H2. The predicted molar refractivity (Wildman–Crippen MR) is 78.4 cm³/mol. The van der Waals surface area contributed by atoms with Crippen LogP contribution in [0.1, 0.15) is 5.76 Å².